The molecule has 2 heterocycles. The van der Waals surface area contributed by atoms with Gasteiger partial charge in [0.2, 0.25) is 10.0 Å². The molecule has 0 aliphatic carbocycles. The van der Waals surface area contributed by atoms with Crippen molar-refractivity contribution in [3.8, 4) is 11.5 Å². The summed E-state index contributed by atoms with van der Waals surface area (Å²) in [5, 5.41) is 4.62. The smallest absolute Gasteiger partial charge is 0.257 e. The van der Waals surface area contributed by atoms with Crippen molar-refractivity contribution in [2.45, 2.75) is 23.7 Å². The normalized spacial score (nSPS) is 16.2. The van der Waals surface area contributed by atoms with Crippen LogP contribution in [-0.2, 0) is 10.0 Å². The molecule has 1 aliphatic rings. The molecular formula is C19H16ClF2N3O3S. The molecule has 0 saturated carbocycles. The summed E-state index contributed by atoms with van der Waals surface area (Å²) in [7, 11) is -3.98. The van der Waals surface area contributed by atoms with Gasteiger partial charge >= 0.3 is 0 Å². The molecule has 0 radical (unpaired) electrons. The van der Waals surface area contributed by atoms with Crippen molar-refractivity contribution in [1.29, 1.82) is 0 Å². The third-order valence-corrected chi connectivity index (χ3v) is 6.95. The Hall–Kier alpha value is -2.36. The second-order valence-corrected chi connectivity index (χ2v) is 9.12. The highest BCUT2D eigenvalue weighted by Gasteiger charge is 2.32. The zero-order chi connectivity index (χ0) is 20.6. The van der Waals surface area contributed by atoms with Gasteiger partial charge < -0.3 is 4.52 Å². The highest BCUT2D eigenvalue weighted by Crippen LogP contribution is 2.31. The predicted molar refractivity (Wildman–Crippen MR) is 102 cm³/mol. The van der Waals surface area contributed by atoms with E-state index in [0.29, 0.717) is 35.6 Å². The first-order valence-corrected chi connectivity index (χ1v) is 10.7. The van der Waals surface area contributed by atoms with Crippen molar-refractivity contribution in [2.24, 2.45) is 0 Å². The third-order valence-electron chi connectivity index (χ3n) is 4.83. The lowest BCUT2D eigenvalue weighted by Gasteiger charge is -2.29. The number of nitrogens with zero attached hydrogens (tertiary/aromatic N) is 3. The van der Waals surface area contributed by atoms with Crippen LogP contribution in [0.5, 0.6) is 0 Å². The van der Waals surface area contributed by atoms with E-state index < -0.39 is 26.6 Å². The van der Waals surface area contributed by atoms with Crippen LogP contribution in [0.3, 0.4) is 0 Å². The number of hydrogen-bond donors (Lipinski definition) is 0. The van der Waals surface area contributed by atoms with E-state index in [1.165, 1.54) is 4.31 Å². The van der Waals surface area contributed by atoms with Crippen LogP contribution >= 0.6 is 11.6 Å². The van der Waals surface area contributed by atoms with Crippen molar-refractivity contribution >= 4 is 21.6 Å². The SMILES string of the molecule is O=S(=O)(c1cc(F)cc(F)c1)N1CCC(c2noc(-c3ccc(Cl)cc3)n2)CC1. The molecule has 0 N–H and O–H groups in total. The van der Waals surface area contributed by atoms with Gasteiger partial charge in [-0.3, -0.25) is 0 Å². The number of halogens is 3. The molecule has 1 aliphatic heterocycles. The highest BCUT2D eigenvalue weighted by molar-refractivity contribution is 7.89. The summed E-state index contributed by atoms with van der Waals surface area (Å²) in [6, 6.07) is 9.27. The van der Waals surface area contributed by atoms with Gasteiger partial charge in [0.25, 0.3) is 5.89 Å². The minimum absolute atomic E-state index is 0.0736. The van der Waals surface area contributed by atoms with Gasteiger partial charge in [0.05, 0.1) is 4.90 Å². The maximum absolute atomic E-state index is 13.4. The molecule has 0 atom stereocenters. The lowest BCUT2D eigenvalue weighted by atomic mass is 9.97. The van der Waals surface area contributed by atoms with Gasteiger partial charge in [-0.25, -0.2) is 17.2 Å². The first kappa shape index (κ1) is 19.9. The van der Waals surface area contributed by atoms with Gasteiger partial charge in [-0.1, -0.05) is 16.8 Å². The molecule has 0 unspecified atom stereocenters. The van der Waals surface area contributed by atoms with Crippen molar-refractivity contribution < 1.29 is 21.7 Å². The van der Waals surface area contributed by atoms with Crippen molar-refractivity contribution in [3.63, 3.8) is 0 Å². The zero-order valence-electron chi connectivity index (χ0n) is 15.1. The van der Waals surface area contributed by atoms with Crippen molar-refractivity contribution in [1.82, 2.24) is 14.4 Å². The molecule has 4 rings (SSSR count). The summed E-state index contributed by atoms with van der Waals surface area (Å²) in [5.74, 6) is -1.07. The monoisotopic (exact) mass is 439 g/mol. The predicted octanol–water partition coefficient (Wildman–Crippen LogP) is 4.24. The van der Waals surface area contributed by atoms with Crippen LogP contribution in [0.1, 0.15) is 24.6 Å². The molecule has 0 bridgehead atoms. The molecule has 0 spiro atoms. The molecule has 2 aromatic carbocycles. The highest BCUT2D eigenvalue weighted by atomic mass is 35.5. The Labute approximate surface area is 171 Å². The van der Waals surface area contributed by atoms with E-state index in [-0.39, 0.29) is 19.0 Å². The van der Waals surface area contributed by atoms with E-state index in [9.17, 15) is 17.2 Å². The van der Waals surface area contributed by atoms with Crippen LogP contribution in [0.2, 0.25) is 5.02 Å². The maximum Gasteiger partial charge on any atom is 0.257 e. The molecular weight excluding hydrogens is 424 g/mol. The molecule has 1 saturated heterocycles. The van der Waals surface area contributed by atoms with Crippen molar-refractivity contribution in [3.05, 3.63) is 64.9 Å². The molecule has 10 heteroatoms. The Bertz CT molecular complexity index is 1110. The largest absolute Gasteiger partial charge is 0.334 e. The van der Waals surface area contributed by atoms with E-state index in [0.717, 1.165) is 17.7 Å². The van der Waals surface area contributed by atoms with E-state index in [1.54, 1.807) is 24.3 Å². The Balaban J connectivity index is 1.46. The number of benzene rings is 2. The summed E-state index contributed by atoms with van der Waals surface area (Å²) in [6.45, 7) is 0.381. The fourth-order valence-electron chi connectivity index (χ4n) is 3.29. The second kappa shape index (κ2) is 7.81. The molecule has 0 amide bonds. The zero-order valence-corrected chi connectivity index (χ0v) is 16.6. The molecule has 152 valence electrons. The topological polar surface area (TPSA) is 76.3 Å². The molecule has 1 fully saturated rings. The quantitative estimate of drug-likeness (QED) is 0.607. The maximum atomic E-state index is 13.4. The van der Waals surface area contributed by atoms with Gasteiger partial charge in [-0.15, -0.1) is 0 Å². The molecule has 1 aromatic heterocycles. The number of rotatable bonds is 4. The molecule has 6 nitrogen and oxygen atoms in total. The van der Waals surface area contributed by atoms with E-state index in [2.05, 4.69) is 10.1 Å². The van der Waals surface area contributed by atoms with Gasteiger partial charge in [0.1, 0.15) is 11.6 Å². The van der Waals surface area contributed by atoms with Crippen LogP contribution in [0.15, 0.2) is 51.9 Å². The fraction of sp³-hybridized carbons (Fsp3) is 0.263. The Morgan fingerprint density at radius 3 is 2.28 bits per heavy atom. The van der Waals surface area contributed by atoms with Gasteiger partial charge in [-0.05, 0) is 49.2 Å². The number of piperidine rings is 1. The minimum Gasteiger partial charge on any atom is -0.334 e. The average molecular weight is 440 g/mol. The van der Waals surface area contributed by atoms with Gasteiger partial charge in [0.15, 0.2) is 5.82 Å². The summed E-state index contributed by atoms with van der Waals surface area (Å²) < 4.78 is 58.7. The Morgan fingerprint density at radius 2 is 1.66 bits per heavy atom. The minimum atomic E-state index is -3.98. The first-order valence-electron chi connectivity index (χ1n) is 8.89. The fourth-order valence-corrected chi connectivity index (χ4v) is 4.93. The van der Waals surface area contributed by atoms with Crippen LogP contribution < -0.4 is 0 Å². The third kappa shape index (κ3) is 4.17. The summed E-state index contributed by atoms with van der Waals surface area (Å²) >= 11 is 5.88. The molecule has 3 aromatic rings. The van der Waals surface area contributed by atoms with Gasteiger partial charge in [0, 0.05) is 35.7 Å². The van der Waals surface area contributed by atoms with Crippen LogP contribution in [0.4, 0.5) is 8.78 Å². The summed E-state index contributed by atoms with van der Waals surface area (Å²) in [5.41, 5.74) is 0.737. The second-order valence-electron chi connectivity index (χ2n) is 6.75. The number of aromatic nitrogens is 2. The standard InChI is InChI=1S/C19H16ClF2N3O3S/c20-14-3-1-13(2-4-14)19-23-18(24-28-19)12-5-7-25(8-6-12)29(26,27)17-10-15(21)9-16(22)11-17/h1-4,9-12H,5-8H2. The van der Waals surface area contributed by atoms with E-state index in [1.807, 2.05) is 0 Å². The molecule has 29 heavy (non-hydrogen) atoms. The first-order chi connectivity index (χ1) is 13.8. The lowest BCUT2D eigenvalue weighted by molar-refractivity contribution is 0.307. The Morgan fingerprint density at radius 1 is 1.03 bits per heavy atom. The van der Waals surface area contributed by atoms with Crippen LogP contribution in [0.25, 0.3) is 11.5 Å². The van der Waals surface area contributed by atoms with Gasteiger partial charge in [-0.2, -0.15) is 9.29 Å². The van der Waals surface area contributed by atoms with Crippen LogP contribution in [0, 0.1) is 11.6 Å². The van der Waals surface area contributed by atoms with E-state index >= 15 is 0 Å². The summed E-state index contributed by atoms with van der Waals surface area (Å²) in [6.07, 6.45) is 0.938. The average Bonchev–Trinajstić information content (AvgIpc) is 3.18. The number of sulfonamides is 1. The van der Waals surface area contributed by atoms with Crippen LogP contribution in [-0.4, -0.2) is 36.0 Å². The lowest BCUT2D eigenvalue weighted by Crippen LogP contribution is -2.38. The van der Waals surface area contributed by atoms with Crippen molar-refractivity contribution in [2.75, 3.05) is 13.1 Å². The van der Waals surface area contributed by atoms with E-state index in [4.69, 9.17) is 16.1 Å². The Kier molecular flexibility index (Phi) is 5.37. The summed E-state index contributed by atoms with van der Waals surface area (Å²) in [4.78, 5) is 4.02. The number of hydrogen-bond acceptors (Lipinski definition) is 5.